The number of thioether (sulfide) groups is 1. The molecule has 6 nitrogen and oxygen atoms in total. The molecule has 1 amide bonds. The van der Waals surface area contributed by atoms with Crippen molar-refractivity contribution in [3.05, 3.63) is 47.6 Å². The lowest BCUT2D eigenvalue weighted by molar-refractivity contribution is 0.100. The summed E-state index contributed by atoms with van der Waals surface area (Å²) in [5, 5.41) is 5.35. The number of nitrogens with zero attached hydrogens (tertiary/aromatic N) is 3. The minimum atomic E-state index is -0.467. The standard InChI is InChI=1S/C17H18N4O2S/c1-3-6-14-20-17(23-21-14)10(2)24-15-9-12(16(18)22)11-7-4-5-8-13(11)19-15/h4-5,7-10H,3,6H2,1-2H3,(H2,18,22)/t10-/m1/s1. The molecule has 3 rings (SSSR count). The van der Waals surface area contributed by atoms with E-state index in [0.717, 1.165) is 23.7 Å². The summed E-state index contributed by atoms with van der Waals surface area (Å²) in [6.45, 7) is 4.04. The number of carbonyl (C=O) groups is 1. The molecule has 0 radical (unpaired) electrons. The fraction of sp³-hybridized carbons (Fsp3) is 0.294. The molecule has 124 valence electrons. The van der Waals surface area contributed by atoms with Gasteiger partial charge < -0.3 is 10.3 Å². The van der Waals surface area contributed by atoms with E-state index in [1.165, 1.54) is 11.8 Å². The molecular weight excluding hydrogens is 324 g/mol. The van der Waals surface area contributed by atoms with Crippen molar-refractivity contribution < 1.29 is 9.32 Å². The number of primary amides is 1. The number of benzene rings is 1. The summed E-state index contributed by atoms with van der Waals surface area (Å²) >= 11 is 1.46. The Hall–Kier alpha value is -2.41. The highest BCUT2D eigenvalue weighted by Crippen LogP contribution is 2.34. The number of hydrogen-bond acceptors (Lipinski definition) is 6. The monoisotopic (exact) mass is 342 g/mol. The zero-order valence-electron chi connectivity index (χ0n) is 13.5. The van der Waals surface area contributed by atoms with Crippen molar-refractivity contribution in [1.29, 1.82) is 0 Å². The Balaban J connectivity index is 1.90. The molecule has 0 saturated carbocycles. The Morgan fingerprint density at radius 3 is 2.88 bits per heavy atom. The summed E-state index contributed by atoms with van der Waals surface area (Å²) in [7, 11) is 0. The molecule has 2 heterocycles. The van der Waals surface area contributed by atoms with Gasteiger partial charge in [-0.2, -0.15) is 4.98 Å². The highest BCUT2D eigenvalue weighted by molar-refractivity contribution is 7.99. The molecule has 2 aromatic heterocycles. The summed E-state index contributed by atoms with van der Waals surface area (Å²) in [5.74, 6) is 0.800. The maximum Gasteiger partial charge on any atom is 0.249 e. The normalized spacial score (nSPS) is 12.4. The molecule has 24 heavy (non-hydrogen) atoms. The van der Waals surface area contributed by atoms with Crippen molar-refractivity contribution in [2.75, 3.05) is 0 Å². The van der Waals surface area contributed by atoms with Gasteiger partial charge in [0.2, 0.25) is 11.8 Å². The lowest BCUT2D eigenvalue weighted by Crippen LogP contribution is -2.12. The number of nitrogens with two attached hydrogens (primary N) is 1. The van der Waals surface area contributed by atoms with E-state index >= 15 is 0 Å². The zero-order valence-corrected chi connectivity index (χ0v) is 14.3. The summed E-state index contributed by atoms with van der Waals surface area (Å²) in [6.07, 6.45) is 1.76. The van der Waals surface area contributed by atoms with Crippen LogP contribution in [0.5, 0.6) is 0 Å². The molecule has 0 bridgehead atoms. The van der Waals surface area contributed by atoms with Gasteiger partial charge in [-0.1, -0.05) is 42.0 Å². The van der Waals surface area contributed by atoms with E-state index < -0.39 is 5.91 Å². The summed E-state index contributed by atoms with van der Waals surface area (Å²) < 4.78 is 5.32. The average molecular weight is 342 g/mol. The van der Waals surface area contributed by atoms with E-state index in [4.69, 9.17) is 10.3 Å². The third kappa shape index (κ3) is 3.41. The number of fused-ring (bicyclic) bond motifs is 1. The SMILES string of the molecule is CCCc1noc([C@@H](C)Sc2cc(C(N)=O)c3ccccc3n2)n1. The lowest BCUT2D eigenvalue weighted by Gasteiger charge is -2.09. The number of rotatable bonds is 6. The van der Waals surface area contributed by atoms with Crippen LogP contribution < -0.4 is 5.73 Å². The minimum absolute atomic E-state index is 0.0718. The average Bonchev–Trinajstić information content (AvgIpc) is 3.03. The van der Waals surface area contributed by atoms with E-state index in [2.05, 4.69) is 22.0 Å². The fourth-order valence-corrected chi connectivity index (χ4v) is 3.30. The number of hydrogen-bond donors (Lipinski definition) is 1. The molecule has 0 fully saturated rings. The van der Waals surface area contributed by atoms with Crippen LogP contribution in [0.3, 0.4) is 0 Å². The first kappa shape index (κ1) is 16.4. The van der Waals surface area contributed by atoms with Gasteiger partial charge in [-0.3, -0.25) is 4.79 Å². The van der Waals surface area contributed by atoms with E-state index in [1.807, 2.05) is 31.2 Å². The maximum absolute atomic E-state index is 11.7. The van der Waals surface area contributed by atoms with Gasteiger partial charge >= 0.3 is 0 Å². The Morgan fingerprint density at radius 1 is 1.33 bits per heavy atom. The molecule has 0 aliphatic rings. The predicted octanol–water partition coefficient (Wildman–Crippen LogP) is 3.52. The first-order valence-electron chi connectivity index (χ1n) is 7.77. The predicted molar refractivity (Wildman–Crippen MR) is 92.8 cm³/mol. The Morgan fingerprint density at radius 2 is 2.12 bits per heavy atom. The number of para-hydroxylation sites is 1. The number of carbonyl (C=O) groups excluding carboxylic acids is 1. The van der Waals surface area contributed by atoms with E-state index in [0.29, 0.717) is 22.3 Å². The molecule has 1 atom stereocenters. The van der Waals surface area contributed by atoms with Crippen LogP contribution >= 0.6 is 11.8 Å². The highest BCUT2D eigenvalue weighted by atomic mass is 32.2. The molecule has 3 aromatic rings. The minimum Gasteiger partial charge on any atom is -0.366 e. The van der Waals surface area contributed by atoms with Gasteiger partial charge in [-0.15, -0.1) is 0 Å². The van der Waals surface area contributed by atoms with Gasteiger partial charge in [0, 0.05) is 11.8 Å². The van der Waals surface area contributed by atoms with Crippen LogP contribution in [-0.2, 0) is 6.42 Å². The molecule has 7 heteroatoms. The quantitative estimate of drug-likeness (QED) is 0.689. The van der Waals surface area contributed by atoms with Crippen LogP contribution in [0.25, 0.3) is 10.9 Å². The number of aryl methyl sites for hydroxylation is 1. The van der Waals surface area contributed by atoms with Crippen LogP contribution in [0.4, 0.5) is 0 Å². The third-order valence-electron chi connectivity index (χ3n) is 3.56. The number of aromatic nitrogens is 3. The second-order valence-corrected chi connectivity index (χ2v) is 6.81. The first-order valence-corrected chi connectivity index (χ1v) is 8.65. The molecule has 0 aliphatic heterocycles. The van der Waals surface area contributed by atoms with Gasteiger partial charge in [0.05, 0.1) is 21.4 Å². The van der Waals surface area contributed by atoms with Crippen molar-refractivity contribution in [3.63, 3.8) is 0 Å². The third-order valence-corrected chi connectivity index (χ3v) is 4.57. The molecule has 0 saturated heterocycles. The zero-order chi connectivity index (χ0) is 17.1. The first-order chi connectivity index (χ1) is 11.6. The van der Waals surface area contributed by atoms with Crippen molar-refractivity contribution >= 4 is 28.6 Å². The van der Waals surface area contributed by atoms with Crippen molar-refractivity contribution in [3.8, 4) is 0 Å². The second kappa shape index (κ2) is 7.00. The molecule has 1 aromatic carbocycles. The molecule has 0 spiro atoms. The van der Waals surface area contributed by atoms with E-state index in [9.17, 15) is 4.79 Å². The van der Waals surface area contributed by atoms with Gasteiger partial charge in [0.25, 0.3) is 0 Å². The topological polar surface area (TPSA) is 94.9 Å². The Bertz CT molecular complexity index is 878. The van der Waals surface area contributed by atoms with Crippen LogP contribution in [-0.4, -0.2) is 21.0 Å². The van der Waals surface area contributed by atoms with E-state index in [1.54, 1.807) is 6.07 Å². The van der Waals surface area contributed by atoms with Crippen LogP contribution in [0, 0.1) is 0 Å². The van der Waals surface area contributed by atoms with Crippen molar-refractivity contribution in [2.45, 2.75) is 37.0 Å². The van der Waals surface area contributed by atoms with Crippen LogP contribution in [0.2, 0.25) is 0 Å². The Kier molecular flexibility index (Phi) is 4.80. The smallest absolute Gasteiger partial charge is 0.249 e. The van der Waals surface area contributed by atoms with Crippen LogP contribution in [0.15, 0.2) is 39.9 Å². The summed E-state index contributed by atoms with van der Waals surface area (Å²) in [6, 6.07) is 9.17. The van der Waals surface area contributed by atoms with Crippen molar-refractivity contribution in [2.24, 2.45) is 5.73 Å². The van der Waals surface area contributed by atoms with Crippen LogP contribution in [0.1, 0.15) is 47.6 Å². The second-order valence-electron chi connectivity index (χ2n) is 5.45. The highest BCUT2D eigenvalue weighted by Gasteiger charge is 2.18. The molecule has 2 N–H and O–H groups in total. The van der Waals surface area contributed by atoms with Gasteiger partial charge in [-0.05, 0) is 25.5 Å². The van der Waals surface area contributed by atoms with Gasteiger partial charge in [-0.25, -0.2) is 4.98 Å². The summed E-state index contributed by atoms with van der Waals surface area (Å²) in [4.78, 5) is 20.7. The largest absolute Gasteiger partial charge is 0.366 e. The van der Waals surface area contributed by atoms with E-state index in [-0.39, 0.29) is 5.25 Å². The number of pyridine rings is 1. The summed E-state index contributed by atoms with van der Waals surface area (Å²) in [5.41, 5.74) is 6.71. The van der Waals surface area contributed by atoms with Gasteiger partial charge in [0.15, 0.2) is 5.82 Å². The maximum atomic E-state index is 11.7. The Labute approximate surface area is 143 Å². The molecular formula is C17H18N4O2S. The lowest BCUT2D eigenvalue weighted by atomic mass is 10.1. The van der Waals surface area contributed by atoms with Crippen molar-refractivity contribution in [1.82, 2.24) is 15.1 Å². The fourth-order valence-electron chi connectivity index (χ4n) is 2.40. The number of amides is 1. The molecule has 0 unspecified atom stereocenters. The molecule has 0 aliphatic carbocycles. The van der Waals surface area contributed by atoms with Gasteiger partial charge in [0.1, 0.15) is 0 Å².